The highest BCUT2D eigenvalue weighted by Crippen LogP contribution is 2.42. The Morgan fingerprint density at radius 1 is 1.16 bits per heavy atom. The third-order valence-corrected chi connectivity index (χ3v) is 5.78. The molecule has 3 heterocycles. The predicted molar refractivity (Wildman–Crippen MR) is 94.5 cm³/mol. The minimum Gasteiger partial charge on any atom is -0.381 e. The second-order valence-electron chi connectivity index (χ2n) is 7.42. The van der Waals surface area contributed by atoms with Crippen molar-refractivity contribution in [2.45, 2.75) is 37.8 Å². The number of nitrogens with zero attached hydrogens (tertiary/aromatic N) is 3. The van der Waals surface area contributed by atoms with Crippen molar-refractivity contribution in [3.05, 3.63) is 18.0 Å². The molecule has 2 atom stereocenters. The molecule has 2 saturated heterocycles. The lowest BCUT2D eigenvalue weighted by molar-refractivity contribution is 0.0404. The Labute approximate surface area is 148 Å². The van der Waals surface area contributed by atoms with Gasteiger partial charge in [0.05, 0.1) is 5.56 Å². The van der Waals surface area contributed by atoms with E-state index in [0.717, 1.165) is 45.1 Å². The molecule has 25 heavy (non-hydrogen) atoms. The maximum atomic E-state index is 12.6. The molecule has 2 aliphatic heterocycles. The lowest BCUT2D eigenvalue weighted by Gasteiger charge is -2.31. The van der Waals surface area contributed by atoms with E-state index in [1.54, 1.807) is 19.4 Å². The third kappa shape index (κ3) is 3.77. The van der Waals surface area contributed by atoms with E-state index in [-0.39, 0.29) is 11.9 Å². The van der Waals surface area contributed by atoms with Crippen molar-refractivity contribution in [2.75, 3.05) is 38.7 Å². The molecule has 4 rings (SSSR count). The van der Waals surface area contributed by atoms with Gasteiger partial charge in [-0.2, -0.15) is 0 Å². The van der Waals surface area contributed by atoms with E-state index in [1.807, 2.05) is 0 Å². The summed E-state index contributed by atoms with van der Waals surface area (Å²) in [5.41, 5.74) is 0.526. The van der Waals surface area contributed by atoms with Crippen molar-refractivity contribution in [1.29, 1.82) is 0 Å². The summed E-state index contributed by atoms with van der Waals surface area (Å²) in [6.07, 6.45) is 8.00. The van der Waals surface area contributed by atoms with Gasteiger partial charge in [-0.1, -0.05) is 0 Å². The lowest BCUT2D eigenvalue weighted by atomic mass is 9.98. The van der Waals surface area contributed by atoms with Crippen molar-refractivity contribution in [1.82, 2.24) is 20.2 Å². The van der Waals surface area contributed by atoms with Gasteiger partial charge in [-0.05, 0) is 37.5 Å². The molecule has 136 valence electrons. The Morgan fingerprint density at radius 3 is 2.52 bits per heavy atom. The van der Waals surface area contributed by atoms with Crippen molar-refractivity contribution < 1.29 is 9.53 Å². The highest BCUT2D eigenvalue weighted by Gasteiger charge is 2.44. The first-order chi connectivity index (χ1) is 12.2. The van der Waals surface area contributed by atoms with Crippen molar-refractivity contribution in [3.63, 3.8) is 0 Å². The summed E-state index contributed by atoms with van der Waals surface area (Å²) in [7, 11) is 1.76. The summed E-state index contributed by atoms with van der Waals surface area (Å²) in [6.45, 7) is 3.78. The number of amides is 1. The van der Waals surface area contributed by atoms with Crippen LogP contribution in [-0.2, 0) is 4.74 Å². The summed E-state index contributed by atoms with van der Waals surface area (Å²) < 4.78 is 5.50. The molecule has 7 nitrogen and oxygen atoms in total. The van der Waals surface area contributed by atoms with Crippen molar-refractivity contribution in [3.8, 4) is 0 Å². The van der Waals surface area contributed by atoms with E-state index in [4.69, 9.17) is 4.74 Å². The van der Waals surface area contributed by atoms with Crippen molar-refractivity contribution >= 4 is 11.9 Å². The molecule has 1 amide bonds. The van der Waals surface area contributed by atoms with Crippen LogP contribution in [0.25, 0.3) is 0 Å². The van der Waals surface area contributed by atoms with Crippen LogP contribution >= 0.6 is 0 Å². The third-order valence-electron chi connectivity index (χ3n) is 5.78. The van der Waals surface area contributed by atoms with Crippen LogP contribution in [0.5, 0.6) is 0 Å². The van der Waals surface area contributed by atoms with E-state index < -0.39 is 0 Å². The SMILES string of the molecule is CNc1ncc(C(=O)N[C@@H]2CN(C3CCOCC3)C[C@H]2C2CC2)cn1. The Hall–Kier alpha value is -1.73. The van der Waals surface area contributed by atoms with Crippen LogP contribution in [0.3, 0.4) is 0 Å². The standard InChI is InChI=1S/C18H27N5O2/c1-19-18-20-8-13(9-21-18)17(24)22-16-11-23(10-15(16)12-2-3-12)14-4-6-25-7-5-14/h8-9,12,14-16H,2-7,10-11H2,1H3,(H,22,24)(H,19,20,21)/t15-,16+/m0/s1. The minimum absolute atomic E-state index is 0.0628. The smallest absolute Gasteiger partial charge is 0.254 e. The molecule has 1 aromatic rings. The monoisotopic (exact) mass is 345 g/mol. The largest absolute Gasteiger partial charge is 0.381 e. The molecule has 1 aliphatic carbocycles. The first-order valence-electron chi connectivity index (χ1n) is 9.37. The number of hydrogen-bond donors (Lipinski definition) is 2. The summed E-state index contributed by atoms with van der Waals surface area (Å²) in [6, 6.07) is 0.835. The van der Waals surface area contributed by atoms with Crippen LogP contribution in [-0.4, -0.2) is 66.2 Å². The Bertz CT molecular complexity index is 598. The number of carbonyl (C=O) groups is 1. The number of aromatic nitrogens is 2. The van der Waals surface area contributed by atoms with E-state index >= 15 is 0 Å². The fraction of sp³-hybridized carbons (Fsp3) is 0.722. The molecular weight excluding hydrogens is 318 g/mol. The van der Waals surface area contributed by atoms with Gasteiger partial charge in [-0.3, -0.25) is 9.69 Å². The van der Waals surface area contributed by atoms with Gasteiger partial charge in [0.25, 0.3) is 5.91 Å². The van der Waals surface area contributed by atoms with Gasteiger partial charge in [0.1, 0.15) is 0 Å². The number of rotatable bonds is 5. The predicted octanol–water partition coefficient (Wildman–Crippen LogP) is 1.14. The zero-order valence-corrected chi connectivity index (χ0v) is 14.8. The normalized spacial score (nSPS) is 28.0. The van der Waals surface area contributed by atoms with Crippen LogP contribution in [0.4, 0.5) is 5.95 Å². The Balaban J connectivity index is 1.41. The average molecular weight is 345 g/mol. The van der Waals surface area contributed by atoms with Gasteiger partial charge in [-0.25, -0.2) is 9.97 Å². The maximum absolute atomic E-state index is 12.6. The number of ether oxygens (including phenoxy) is 1. The lowest BCUT2D eigenvalue weighted by Crippen LogP contribution is -2.43. The molecule has 0 bridgehead atoms. The second kappa shape index (κ2) is 7.25. The fourth-order valence-electron chi connectivity index (χ4n) is 4.19. The molecule has 1 aromatic heterocycles. The summed E-state index contributed by atoms with van der Waals surface area (Å²) in [4.78, 5) is 23.5. The Morgan fingerprint density at radius 2 is 1.88 bits per heavy atom. The average Bonchev–Trinajstić information content (AvgIpc) is 3.43. The van der Waals surface area contributed by atoms with Crippen LogP contribution in [0, 0.1) is 11.8 Å². The van der Waals surface area contributed by atoms with Gasteiger partial charge in [0.2, 0.25) is 5.95 Å². The van der Waals surface area contributed by atoms with Gasteiger partial charge < -0.3 is 15.4 Å². The van der Waals surface area contributed by atoms with Gasteiger partial charge >= 0.3 is 0 Å². The van der Waals surface area contributed by atoms with Crippen molar-refractivity contribution in [2.24, 2.45) is 11.8 Å². The molecule has 0 unspecified atom stereocenters. The van der Waals surface area contributed by atoms with Gasteiger partial charge in [-0.15, -0.1) is 0 Å². The zero-order valence-electron chi connectivity index (χ0n) is 14.8. The fourth-order valence-corrected chi connectivity index (χ4v) is 4.19. The van der Waals surface area contributed by atoms with Crippen LogP contribution < -0.4 is 10.6 Å². The Kier molecular flexibility index (Phi) is 4.85. The maximum Gasteiger partial charge on any atom is 0.254 e. The van der Waals surface area contributed by atoms with Gasteiger partial charge in [0, 0.05) is 57.8 Å². The van der Waals surface area contributed by atoms with Gasteiger partial charge in [0.15, 0.2) is 0 Å². The van der Waals surface area contributed by atoms with E-state index in [0.29, 0.717) is 23.5 Å². The second-order valence-corrected chi connectivity index (χ2v) is 7.42. The molecule has 3 aliphatic rings. The summed E-state index contributed by atoms with van der Waals surface area (Å²) in [5.74, 6) is 1.81. The first kappa shape index (κ1) is 16.7. The number of carbonyl (C=O) groups excluding carboxylic acids is 1. The zero-order chi connectivity index (χ0) is 17.2. The minimum atomic E-state index is -0.0628. The van der Waals surface area contributed by atoms with E-state index in [9.17, 15) is 4.79 Å². The summed E-state index contributed by atoms with van der Waals surface area (Å²) >= 11 is 0. The molecule has 7 heteroatoms. The molecule has 1 saturated carbocycles. The number of likely N-dealkylation sites (tertiary alicyclic amines) is 1. The highest BCUT2D eigenvalue weighted by molar-refractivity contribution is 5.93. The van der Waals surface area contributed by atoms with E-state index in [1.165, 1.54) is 12.8 Å². The van der Waals surface area contributed by atoms with Crippen LogP contribution in [0.2, 0.25) is 0 Å². The van der Waals surface area contributed by atoms with E-state index in [2.05, 4.69) is 25.5 Å². The summed E-state index contributed by atoms with van der Waals surface area (Å²) in [5, 5.41) is 6.13. The molecule has 0 radical (unpaired) electrons. The molecular formula is C18H27N5O2. The highest BCUT2D eigenvalue weighted by atomic mass is 16.5. The van der Waals surface area contributed by atoms with Crippen LogP contribution in [0.1, 0.15) is 36.0 Å². The molecule has 0 spiro atoms. The molecule has 0 aromatic carbocycles. The molecule has 3 fully saturated rings. The first-order valence-corrected chi connectivity index (χ1v) is 9.37. The van der Waals surface area contributed by atoms with Crippen LogP contribution in [0.15, 0.2) is 12.4 Å². The topological polar surface area (TPSA) is 79.4 Å². The molecule has 2 N–H and O–H groups in total. The number of nitrogens with one attached hydrogen (secondary N) is 2. The number of hydrogen-bond acceptors (Lipinski definition) is 6. The number of anilines is 1. The quantitative estimate of drug-likeness (QED) is 0.833.